The van der Waals surface area contributed by atoms with Gasteiger partial charge >= 0.3 is 6.09 Å². The van der Waals surface area contributed by atoms with Crippen molar-refractivity contribution in [2.45, 2.75) is 6.10 Å². The Balaban J connectivity index is 2.35. The number of nitrogens with one attached hydrogen (secondary N) is 1. The van der Waals surface area contributed by atoms with Crippen LogP contribution in [0.4, 0.5) is 4.79 Å². The van der Waals surface area contributed by atoms with Crippen LogP contribution < -0.4 is 10.1 Å². The minimum absolute atomic E-state index is 0.328. The van der Waals surface area contributed by atoms with Gasteiger partial charge in [0.1, 0.15) is 11.9 Å². The van der Waals surface area contributed by atoms with Crippen molar-refractivity contribution in [1.82, 2.24) is 5.32 Å². The van der Waals surface area contributed by atoms with Gasteiger partial charge in [-0.3, -0.25) is 0 Å². The SMILES string of the molecule is COc1c(Cl)cccc1C1CNC(=O)O1. The van der Waals surface area contributed by atoms with Crippen molar-refractivity contribution in [3.63, 3.8) is 0 Å². The Kier molecular flexibility index (Phi) is 2.68. The van der Waals surface area contributed by atoms with E-state index in [1.807, 2.05) is 6.07 Å². The molecule has 1 amide bonds. The molecule has 0 radical (unpaired) electrons. The smallest absolute Gasteiger partial charge is 0.407 e. The third-order valence-electron chi connectivity index (χ3n) is 2.23. The van der Waals surface area contributed by atoms with Crippen LogP contribution in [0.15, 0.2) is 18.2 Å². The van der Waals surface area contributed by atoms with E-state index < -0.39 is 6.09 Å². The van der Waals surface area contributed by atoms with Crippen molar-refractivity contribution < 1.29 is 14.3 Å². The van der Waals surface area contributed by atoms with E-state index in [2.05, 4.69) is 5.32 Å². The van der Waals surface area contributed by atoms with E-state index in [1.54, 1.807) is 12.1 Å². The van der Waals surface area contributed by atoms with Gasteiger partial charge in [0.15, 0.2) is 0 Å². The summed E-state index contributed by atoms with van der Waals surface area (Å²) >= 11 is 5.96. The Hall–Kier alpha value is -1.42. The lowest BCUT2D eigenvalue weighted by molar-refractivity contribution is 0.139. The average molecular weight is 228 g/mol. The molecule has 1 N–H and O–H groups in total. The zero-order valence-corrected chi connectivity index (χ0v) is 8.88. The highest BCUT2D eigenvalue weighted by Gasteiger charge is 2.27. The quantitative estimate of drug-likeness (QED) is 0.842. The number of hydrogen-bond acceptors (Lipinski definition) is 3. The van der Waals surface area contributed by atoms with E-state index in [0.29, 0.717) is 17.3 Å². The number of para-hydroxylation sites is 1. The molecule has 1 fully saturated rings. The molecular formula is C10H10ClNO3. The standard InChI is InChI=1S/C10H10ClNO3/c1-14-9-6(3-2-4-7(9)11)8-5-12-10(13)15-8/h2-4,8H,5H2,1H3,(H,12,13). The summed E-state index contributed by atoms with van der Waals surface area (Å²) in [5.74, 6) is 0.556. The molecule has 2 rings (SSSR count). The number of ether oxygens (including phenoxy) is 2. The van der Waals surface area contributed by atoms with Crippen LogP contribution in [0.25, 0.3) is 0 Å². The lowest BCUT2D eigenvalue weighted by Crippen LogP contribution is -2.12. The molecule has 1 aliphatic rings. The van der Waals surface area contributed by atoms with E-state index in [4.69, 9.17) is 21.1 Å². The van der Waals surface area contributed by atoms with Gasteiger partial charge in [-0.1, -0.05) is 23.7 Å². The van der Waals surface area contributed by atoms with Crippen molar-refractivity contribution in [2.75, 3.05) is 13.7 Å². The number of methoxy groups -OCH3 is 1. The second-order valence-corrected chi connectivity index (χ2v) is 3.54. The van der Waals surface area contributed by atoms with Gasteiger partial charge in [-0.15, -0.1) is 0 Å². The molecule has 1 aromatic carbocycles. The summed E-state index contributed by atoms with van der Waals surface area (Å²) in [6, 6.07) is 5.36. The lowest BCUT2D eigenvalue weighted by atomic mass is 10.1. The first kappa shape index (κ1) is 10.1. The van der Waals surface area contributed by atoms with Gasteiger partial charge in [-0.25, -0.2) is 4.79 Å². The van der Waals surface area contributed by atoms with Crippen LogP contribution in [0, 0.1) is 0 Å². The molecule has 5 heteroatoms. The van der Waals surface area contributed by atoms with Crippen molar-refractivity contribution in [1.29, 1.82) is 0 Å². The number of alkyl carbamates (subject to hydrolysis) is 1. The molecule has 4 nitrogen and oxygen atoms in total. The minimum Gasteiger partial charge on any atom is -0.495 e. The third kappa shape index (κ3) is 1.85. The van der Waals surface area contributed by atoms with E-state index in [0.717, 1.165) is 5.56 Å². The summed E-state index contributed by atoms with van der Waals surface area (Å²) in [5, 5.41) is 3.09. The first-order valence-electron chi connectivity index (χ1n) is 4.49. The molecule has 0 aliphatic carbocycles. The third-order valence-corrected chi connectivity index (χ3v) is 2.53. The molecular weight excluding hydrogens is 218 g/mol. The molecule has 1 saturated heterocycles. The topological polar surface area (TPSA) is 47.6 Å². The molecule has 1 aromatic rings. The Labute approximate surface area is 92.1 Å². The molecule has 1 heterocycles. The van der Waals surface area contributed by atoms with Crippen LogP contribution in [-0.4, -0.2) is 19.7 Å². The number of halogens is 1. The highest BCUT2D eigenvalue weighted by molar-refractivity contribution is 6.32. The molecule has 0 bridgehead atoms. The van der Waals surface area contributed by atoms with Gasteiger partial charge in [0.05, 0.1) is 18.7 Å². The van der Waals surface area contributed by atoms with Crippen molar-refractivity contribution in [3.05, 3.63) is 28.8 Å². The fourth-order valence-corrected chi connectivity index (χ4v) is 1.82. The fraction of sp³-hybridized carbons (Fsp3) is 0.300. The second kappa shape index (κ2) is 3.98. The van der Waals surface area contributed by atoms with Crippen molar-refractivity contribution in [3.8, 4) is 5.75 Å². The van der Waals surface area contributed by atoms with Gasteiger partial charge in [0.25, 0.3) is 0 Å². The summed E-state index contributed by atoms with van der Waals surface area (Å²) in [4.78, 5) is 10.9. The Bertz CT molecular complexity index is 394. The number of benzene rings is 1. The largest absolute Gasteiger partial charge is 0.495 e. The highest BCUT2D eigenvalue weighted by atomic mass is 35.5. The molecule has 0 aromatic heterocycles. The summed E-state index contributed by atoms with van der Waals surface area (Å²) < 4.78 is 10.2. The molecule has 15 heavy (non-hydrogen) atoms. The van der Waals surface area contributed by atoms with Gasteiger partial charge in [-0.05, 0) is 6.07 Å². The van der Waals surface area contributed by atoms with Crippen molar-refractivity contribution in [2.24, 2.45) is 0 Å². The zero-order chi connectivity index (χ0) is 10.8. The van der Waals surface area contributed by atoms with E-state index in [1.165, 1.54) is 7.11 Å². The van der Waals surface area contributed by atoms with Crippen LogP contribution >= 0.6 is 11.6 Å². The fourth-order valence-electron chi connectivity index (χ4n) is 1.56. The van der Waals surface area contributed by atoms with Crippen LogP contribution in [0.2, 0.25) is 5.02 Å². The summed E-state index contributed by atoms with van der Waals surface area (Å²) in [7, 11) is 1.54. The maximum absolute atomic E-state index is 10.9. The second-order valence-electron chi connectivity index (χ2n) is 3.14. The molecule has 0 spiro atoms. The predicted molar refractivity (Wildman–Crippen MR) is 55.2 cm³/mol. The first-order chi connectivity index (χ1) is 7.22. The van der Waals surface area contributed by atoms with Gasteiger partial charge < -0.3 is 14.8 Å². The highest BCUT2D eigenvalue weighted by Crippen LogP contribution is 2.34. The zero-order valence-electron chi connectivity index (χ0n) is 8.12. The van der Waals surface area contributed by atoms with Gasteiger partial charge in [0.2, 0.25) is 0 Å². The Morgan fingerprint density at radius 1 is 1.60 bits per heavy atom. The first-order valence-corrected chi connectivity index (χ1v) is 4.87. The lowest BCUT2D eigenvalue weighted by Gasteiger charge is -2.13. The number of rotatable bonds is 2. The number of carbonyl (C=O) groups is 1. The van der Waals surface area contributed by atoms with Gasteiger partial charge in [0, 0.05) is 5.56 Å². The average Bonchev–Trinajstić information content (AvgIpc) is 2.64. The predicted octanol–water partition coefficient (Wildman–Crippen LogP) is 2.13. The maximum Gasteiger partial charge on any atom is 0.407 e. The molecule has 1 unspecified atom stereocenters. The number of carbonyl (C=O) groups excluding carboxylic acids is 1. The number of amides is 1. The Morgan fingerprint density at radius 3 is 3.00 bits per heavy atom. The van der Waals surface area contributed by atoms with Gasteiger partial charge in [-0.2, -0.15) is 0 Å². The number of hydrogen-bond donors (Lipinski definition) is 1. The van der Waals surface area contributed by atoms with E-state index >= 15 is 0 Å². The van der Waals surface area contributed by atoms with Crippen LogP contribution in [0.5, 0.6) is 5.75 Å². The normalized spacial score (nSPS) is 19.6. The van der Waals surface area contributed by atoms with Crippen LogP contribution in [0.1, 0.15) is 11.7 Å². The Morgan fingerprint density at radius 2 is 2.40 bits per heavy atom. The summed E-state index contributed by atoms with van der Waals surface area (Å²) in [5.41, 5.74) is 0.781. The number of cyclic esters (lactones) is 1. The molecule has 1 atom stereocenters. The monoisotopic (exact) mass is 227 g/mol. The van der Waals surface area contributed by atoms with E-state index in [-0.39, 0.29) is 6.10 Å². The molecule has 0 saturated carbocycles. The molecule has 1 aliphatic heterocycles. The van der Waals surface area contributed by atoms with Crippen molar-refractivity contribution >= 4 is 17.7 Å². The summed E-state index contributed by atoms with van der Waals surface area (Å²) in [6.45, 7) is 0.440. The minimum atomic E-state index is -0.415. The van der Waals surface area contributed by atoms with Crippen LogP contribution in [0.3, 0.4) is 0 Å². The maximum atomic E-state index is 10.9. The summed E-state index contributed by atoms with van der Waals surface area (Å²) in [6.07, 6.45) is -0.742. The van der Waals surface area contributed by atoms with Crippen LogP contribution in [-0.2, 0) is 4.74 Å². The van der Waals surface area contributed by atoms with E-state index in [9.17, 15) is 4.79 Å². The molecule has 80 valence electrons.